The smallest absolute Gasteiger partial charge is 0.221 e. The molecule has 0 aliphatic rings. The van der Waals surface area contributed by atoms with Gasteiger partial charge in [-0.05, 0) is 18.2 Å². The Morgan fingerprint density at radius 3 is 2.89 bits per heavy atom. The average molecular weight is 241 g/mol. The number of para-hydroxylation sites is 1. The molecular formula is C12H11N5O. The van der Waals surface area contributed by atoms with Crippen LogP contribution in [0.4, 0.5) is 17.5 Å². The first-order valence-electron chi connectivity index (χ1n) is 5.17. The molecule has 1 aromatic carbocycles. The molecule has 3 N–H and O–H groups in total. The number of nitrogen functional groups attached to an aromatic ring is 1. The van der Waals surface area contributed by atoms with Gasteiger partial charge in [-0.2, -0.15) is 10.2 Å². The average Bonchev–Trinajstić information content (AvgIpc) is 2.39. The number of benzene rings is 1. The van der Waals surface area contributed by atoms with E-state index in [-0.39, 0.29) is 5.95 Å². The maximum absolute atomic E-state index is 9.07. The Labute approximate surface area is 104 Å². The van der Waals surface area contributed by atoms with Gasteiger partial charge in [0.1, 0.15) is 23.3 Å². The van der Waals surface area contributed by atoms with E-state index in [2.05, 4.69) is 21.4 Å². The molecule has 6 heteroatoms. The normalized spacial score (nSPS) is 9.56. The first-order chi connectivity index (χ1) is 8.74. The number of nitrogens with zero attached hydrogens (tertiary/aromatic N) is 3. The van der Waals surface area contributed by atoms with E-state index in [1.54, 1.807) is 24.3 Å². The van der Waals surface area contributed by atoms with E-state index in [9.17, 15) is 0 Å². The van der Waals surface area contributed by atoms with Crippen LogP contribution < -0.4 is 15.8 Å². The molecule has 0 saturated heterocycles. The van der Waals surface area contributed by atoms with Crippen LogP contribution in [0, 0.1) is 11.3 Å². The zero-order valence-corrected chi connectivity index (χ0v) is 9.71. The van der Waals surface area contributed by atoms with Gasteiger partial charge >= 0.3 is 0 Å². The van der Waals surface area contributed by atoms with E-state index in [0.717, 1.165) is 0 Å². The molecule has 6 nitrogen and oxygen atoms in total. The highest BCUT2D eigenvalue weighted by atomic mass is 16.5. The SMILES string of the molecule is COc1cccc(C#N)c1Nc1ccnc(N)n1. The molecule has 0 atom stereocenters. The summed E-state index contributed by atoms with van der Waals surface area (Å²) >= 11 is 0. The molecule has 0 fully saturated rings. The molecule has 1 aromatic heterocycles. The van der Waals surface area contributed by atoms with Crippen molar-refractivity contribution in [2.24, 2.45) is 0 Å². The molecule has 0 unspecified atom stereocenters. The molecule has 0 spiro atoms. The third-order valence-electron chi connectivity index (χ3n) is 2.29. The van der Waals surface area contributed by atoms with Gasteiger partial charge < -0.3 is 15.8 Å². The minimum atomic E-state index is 0.161. The molecule has 0 saturated carbocycles. The van der Waals surface area contributed by atoms with Crippen molar-refractivity contribution in [1.82, 2.24) is 9.97 Å². The second-order valence-electron chi connectivity index (χ2n) is 3.42. The standard InChI is InChI=1S/C12H11N5O/c1-18-9-4-2-3-8(7-13)11(9)16-10-5-6-15-12(14)17-10/h2-6H,1H3,(H3,14,15,16,17). The molecule has 2 rings (SSSR count). The van der Waals surface area contributed by atoms with Crippen molar-refractivity contribution in [3.05, 3.63) is 36.0 Å². The summed E-state index contributed by atoms with van der Waals surface area (Å²) in [5.74, 6) is 1.23. The van der Waals surface area contributed by atoms with Crippen LogP contribution in [0.1, 0.15) is 5.56 Å². The van der Waals surface area contributed by atoms with Gasteiger partial charge in [0, 0.05) is 6.20 Å². The highest BCUT2D eigenvalue weighted by molar-refractivity contribution is 5.71. The molecule has 0 bridgehead atoms. The monoisotopic (exact) mass is 241 g/mol. The van der Waals surface area contributed by atoms with Crippen LogP contribution in [0.2, 0.25) is 0 Å². The second-order valence-corrected chi connectivity index (χ2v) is 3.42. The number of nitriles is 1. The Morgan fingerprint density at radius 1 is 1.39 bits per heavy atom. The molecule has 2 aromatic rings. The summed E-state index contributed by atoms with van der Waals surface area (Å²) in [6, 6.07) is 8.94. The zero-order chi connectivity index (χ0) is 13.0. The first kappa shape index (κ1) is 11.7. The number of anilines is 3. The van der Waals surface area contributed by atoms with E-state index in [4.69, 9.17) is 15.7 Å². The summed E-state index contributed by atoms with van der Waals surface area (Å²) in [6.45, 7) is 0. The zero-order valence-electron chi connectivity index (χ0n) is 9.71. The lowest BCUT2D eigenvalue weighted by Crippen LogP contribution is -2.02. The minimum Gasteiger partial charge on any atom is -0.495 e. The molecule has 0 amide bonds. The Balaban J connectivity index is 2.42. The molecule has 0 aliphatic carbocycles. The van der Waals surface area contributed by atoms with Gasteiger partial charge in [-0.25, -0.2) is 4.98 Å². The van der Waals surface area contributed by atoms with E-state index in [1.807, 2.05) is 0 Å². The van der Waals surface area contributed by atoms with Gasteiger partial charge in [-0.1, -0.05) is 6.07 Å². The fourth-order valence-corrected chi connectivity index (χ4v) is 1.49. The van der Waals surface area contributed by atoms with Gasteiger partial charge in [0.15, 0.2) is 0 Å². The van der Waals surface area contributed by atoms with Crippen LogP contribution in [0.15, 0.2) is 30.5 Å². The van der Waals surface area contributed by atoms with Crippen LogP contribution in [0.25, 0.3) is 0 Å². The van der Waals surface area contributed by atoms with Gasteiger partial charge in [0.25, 0.3) is 0 Å². The lowest BCUT2D eigenvalue weighted by molar-refractivity contribution is 0.416. The fourth-order valence-electron chi connectivity index (χ4n) is 1.49. The van der Waals surface area contributed by atoms with E-state index in [0.29, 0.717) is 22.8 Å². The second kappa shape index (κ2) is 5.01. The van der Waals surface area contributed by atoms with Crippen molar-refractivity contribution >= 4 is 17.5 Å². The Morgan fingerprint density at radius 2 is 2.22 bits per heavy atom. The molecule has 0 aliphatic heterocycles. The van der Waals surface area contributed by atoms with E-state index >= 15 is 0 Å². The first-order valence-corrected chi connectivity index (χ1v) is 5.17. The van der Waals surface area contributed by atoms with Crippen molar-refractivity contribution in [3.63, 3.8) is 0 Å². The number of ether oxygens (including phenoxy) is 1. The molecule has 90 valence electrons. The molecular weight excluding hydrogens is 230 g/mol. The van der Waals surface area contributed by atoms with Crippen LogP contribution in [-0.4, -0.2) is 17.1 Å². The maximum Gasteiger partial charge on any atom is 0.221 e. The summed E-state index contributed by atoms with van der Waals surface area (Å²) in [7, 11) is 1.54. The largest absolute Gasteiger partial charge is 0.495 e. The van der Waals surface area contributed by atoms with Crippen molar-refractivity contribution < 1.29 is 4.74 Å². The molecule has 18 heavy (non-hydrogen) atoms. The number of rotatable bonds is 3. The highest BCUT2D eigenvalue weighted by Gasteiger charge is 2.09. The van der Waals surface area contributed by atoms with Gasteiger partial charge in [-0.15, -0.1) is 0 Å². The number of methoxy groups -OCH3 is 1. The van der Waals surface area contributed by atoms with Crippen molar-refractivity contribution in [3.8, 4) is 11.8 Å². The van der Waals surface area contributed by atoms with Gasteiger partial charge in [-0.3, -0.25) is 0 Å². The Bertz CT molecular complexity index is 606. The summed E-state index contributed by atoms with van der Waals surface area (Å²) in [4.78, 5) is 7.81. The number of nitrogens with one attached hydrogen (secondary N) is 1. The van der Waals surface area contributed by atoms with Crippen LogP contribution in [-0.2, 0) is 0 Å². The maximum atomic E-state index is 9.07. The summed E-state index contributed by atoms with van der Waals surface area (Å²) < 4.78 is 5.20. The quantitative estimate of drug-likeness (QED) is 0.848. The van der Waals surface area contributed by atoms with Crippen molar-refractivity contribution in [2.45, 2.75) is 0 Å². The van der Waals surface area contributed by atoms with Gasteiger partial charge in [0.05, 0.1) is 12.7 Å². The molecule has 0 radical (unpaired) electrons. The number of nitrogens with two attached hydrogens (primary N) is 1. The lowest BCUT2D eigenvalue weighted by Gasteiger charge is -2.11. The van der Waals surface area contributed by atoms with Crippen LogP contribution in [0.5, 0.6) is 5.75 Å². The van der Waals surface area contributed by atoms with Crippen molar-refractivity contribution in [1.29, 1.82) is 5.26 Å². The van der Waals surface area contributed by atoms with Gasteiger partial charge in [0.2, 0.25) is 5.95 Å². The van der Waals surface area contributed by atoms with E-state index < -0.39 is 0 Å². The predicted octanol–water partition coefficient (Wildman–Crippen LogP) is 1.68. The Kier molecular flexibility index (Phi) is 3.25. The van der Waals surface area contributed by atoms with E-state index in [1.165, 1.54) is 13.3 Å². The number of aromatic nitrogens is 2. The van der Waals surface area contributed by atoms with Crippen molar-refractivity contribution in [2.75, 3.05) is 18.2 Å². The number of hydrogen-bond donors (Lipinski definition) is 2. The van der Waals surface area contributed by atoms with Crippen LogP contribution >= 0.6 is 0 Å². The fraction of sp³-hybridized carbons (Fsp3) is 0.0833. The third kappa shape index (κ3) is 2.30. The summed E-state index contributed by atoms with van der Waals surface area (Å²) in [6.07, 6.45) is 1.53. The molecule has 1 heterocycles. The number of hydrogen-bond acceptors (Lipinski definition) is 6. The third-order valence-corrected chi connectivity index (χ3v) is 2.29. The van der Waals surface area contributed by atoms with Crippen LogP contribution in [0.3, 0.4) is 0 Å². The lowest BCUT2D eigenvalue weighted by atomic mass is 10.2. The summed E-state index contributed by atoms with van der Waals surface area (Å²) in [5.41, 5.74) is 6.52. The topological polar surface area (TPSA) is 96.8 Å². The minimum absolute atomic E-state index is 0.161. The summed E-state index contributed by atoms with van der Waals surface area (Å²) in [5, 5.41) is 12.1. The highest BCUT2D eigenvalue weighted by Crippen LogP contribution is 2.30. The predicted molar refractivity (Wildman–Crippen MR) is 67.4 cm³/mol. The Hall–Kier alpha value is -2.81.